The minimum atomic E-state index is -0.536. The molecule has 8 heteroatoms. The van der Waals surface area contributed by atoms with Crippen molar-refractivity contribution in [2.45, 2.75) is 20.4 Å². The number of hydrogen-bond acceptors (Lipinski definition) is 5. The van der Waals surface area contributed by atoms with Crippen LogP contribution in [0.5, 0.6) is 0 Å². The molecule has 2 rings (SSSR count). The zero-order chi connectivity index (χ0) is 16.3. The van der Waals surface area contributed by atoms with Crippen LogP contribution in [0.2, 0.25) is 5.02 Å². The molecule has 7 nitrogen and oxygen atoms in total. The second-order valence-electron chi connectivity index (χ2n) is 5.16. The minimum absolute atomic E-state index is 0.171. The zero-order valence-corrected chi connectivity index (χ0v) is 12.8. The first-order chi connectivity index (χ1) is 10.4. The summed E-state index contributed by atoms with van der Waals surface area (Å²) in [5.41, 5.74) is 0.389. The summed E-state index contributed by atoms with van der Waals surface area (Å²) in [6.07, 6.45) is 1.62. The van der Waals surface area contributed by atoms with Gasteiger partial charge in [0.05, 0.1) is 4.92 Å². The van der Waals surface area contributed by atoms with Gasteiger partial charge in [-0.25, -0.2) is 0 Å². The summed E-state index contributed by atoms with van der Waals surface area (Å²) >= 11 is 5.78. The van der Waals surface area contributed by atoms with Crippen LogP contribution < -0.4 is 5.32 Å². The normalized spacial score (nSPS) is 10.5. The summed E-state index contributed by atoms with van der Waals surface area (Å²) in [6, 6.07) is 6.30. The van der Waals surface area contributed by atoms with Crippen molar-refractivity contribution in [2.24, 2.45) is 5.92 Å². The van der Waals surface area contributed by atoms with Crippen LogP contribution >= 0.6 is 11.6 Å². The van der Waals surface area contributed by atoms with Crippen molar-refractivity contribution >= 4 is 28.8 Å². The lowest BCUT2D eigenvalue weighted by molar-refractivity contribution is -0.383. The van der Waals surface area contributed by atoms with E-state index in [0.29, 0.717) is 18.0 Å². The highest BCUT2D eigenvalue weighted by Gasteiger charge is 2.17. The Hall–Kier alpha value is -2.59. The summed E-state index contributed by atoms with van der Waals surface area (Å²) in [4.78, 5) is 10.5. The van der Waals surface area contributed by atoms with Gasteiger partial charge in [0.2, 0.25) is 0 Å². The molecule has 114 valence electrons. The zero-order valence-electron chi connectivity index (χ0n) is 12.1. The van der Waals surface area contributed by atoms with Gasteiger partial charge in [0.1, 0.15) is 17.3 Å². The second kappa shape index (κ2) is 6.45. The number of nitriles is 1. The van der Waals surface area contributed by atoms with Crippen LogP contribution in [0.4, 0.5) is 17.2 Å². The Balaban J connectivity index is 2.37. The molecular formula is C14H14ClN5O2. The molecule has 22 heavy (non-hydrogen) atoms. The van der Waals surface area contributed by atoms with E-state index in [1.807, 2.05) is 19.9 Å². The van der Waals surface area contributed by atoms with E-state index in [1.165, 1.54) is 18.2 Å². The number of halogens is 1. The molecule has 0 aliphatic heterocycles. The van der Waals surface area contributed by atoms with Crippen LogP contribution in [0.25, 0.3) is 0 Å². The van der Waals surface area contributed by atoms with Crippen LogP contribution in [-0.4, -0.2) is 14.7 Å². The molecule has 0 aliphatic carbocycles. The highest BCUT2D eigenvalue weighted by Crippen LogP contribution is 2.30. The first-order valence-electron chi connectivity index (χ1n) is 6.59. The SMILES string of the molecule is CC(C)Cn1cc(C#N)c(Nc2ccc(Cl)cc2[N+](=O)[O-])n1. The van der Waals surface area contributed by atoms with E-state index in [0.717, 1.165) is 0 Å². The van der Waals surface area contributed by atoms with Gasteiger partial charge in [0.25, 0.3) is 5.69 Å². The fourth-order valence-electron chi connectivity index (χ4n) is 1.95. The number of benzene rings is 1. The van der Waals surface area contributed by atoms with Crippen LogP contribution in [0, 0.1) is 27.4 Å². The van der Waals surface area contributed by atoms with Crippen LogP contribution in [0.1, 0.15) is 19.4 Å². The molecule has 0 bridgehead atoms. The minimum Gasteiger partial charge on any atom is -0.332 e. The highest BCUT2D eigenvalue weighted by atomic mass is 35.5. The van der Waals surface area contributed by atoms with Gasteiger partial charge in [-0.2, -0.15) is 10.4 Å². The van der Waals surface area contributed by atoms with Gasteiger partial charge in [0.15, 0.2) is 5.82 Å². The molecular weight excluding hydrogens is 306 g/mol. The van der Waals surface area contributed by atoms with E-state index in [1.54, 1.807) is 10.9 Å². The van der Waals surface area contributed by atoms with Gasteiger partial charge in [-0.3, -0.25) is 14.8 Å². The molecule has 1 heterocycles. The first kappa shape index (κ1) is 15.8. The summed E-state index contributed by atoms with van der Waals surface area (Å²) in [5, 5.41) is 27.6. The third-order valence-electron chi connectivity index (χ3n) is 2.84. The Kier molecular flexibility index (Phi) is 4.63. The average Bonchev–Trinajstić information content (AvgIpc) is 2.81. The number of anilines is 2. The molecule has 0 atom stereocenters. The Morgan fingerprint density at radius 2 is 2.27 bits per heavy atom. The predicted octanol–water partition coefficient (Wildman–Crippen LogP) is 3.72. The third kappa shape index (κ3) is 3.54. The Morgan fingerprint density at radius 1 is 1.55 bits per heavy atom. The lowest BCUT2D eigenvalue weighted by Gasteiger charge is -2.06. The molecule has 0 aliphatic rings. The maximum Gasteiger partial charge on any atom is 0.294 e. The first-order valence-corrected chi connectivity index (χ1v) is 6.97. The molecule has 1 aromatic heterocycles. The Labute approximate surface area is 132 Å². The Bertz CT molecular complexity index is 748. The average molecular weight is 320 g/mol. The molecule has 0 unspecified atom stereocenters. The number of nitro groups is 1. The van der Waals surface area contributed by atoms with E-state index in [-0.39, 0.29) is 22.2 Å². The van der Waals surface area contributed by atoms with Crippen molar-refractivity contribution in [1.29, 1.82) is 5.26 Å². The van der Waals surface area contributed by atoms with Gasteiger partial charge in [0, 0.05) is 23.8 Å². The molecule has 0 radical (unpaired) electrons. The van der Waals surface area contributed by atoms with Gasteiger partial charge in [-0.15, -0.1) is 0 Å². The molecule has 0 fully saturated rings. The number of aromatic nitrogens is 2. The van der Waals surface area contributed by atoms with Crippen molar-refractivity contribution in [1.82, 2.24) is 9.78 Å². The quantitative estimate of drug-likeness (QED) is 0.669. The van der Waals surface area contributed by atoms with E-state index in [2.05, 4.69) is 10.4 Å². The summed E-state index contributed by atoms with van der Waals surface area (Å²) in [7, 11) is 0. The smallest absolute Gasteiger partial charge is 0.294 e. The van der Waals surface area contributed by atoms with E-state index < -0.39 is 4.92 Å². The number of rotatable bonds is 5. The van der Waals surface area contributed by atoms with E-state index in [9.17, 15) is 10.1 Å². The molecule has 0 saturated heterocycles. The largest absolute Gasteiger partial charge is 0.332 e. The van der Waals surface area contributed by atoms with Gasteiger partial charge in [-0.1, -0.05) is 25.4 Å². The van der Waals surface area contributed by atoms with Crippen molar-refractivity contribution in [3.05, 3.63) is 45.1 Å². The van der Waals surface area contributed by atoms with Crippen molar-refractivity contribution in [2.75, 3.05) is 5.32 Å². The van der Waals surface area contributed by atoms with Crippen molar-refractivity contribution in [3.8, 4) is 6.07 Å². The topological polar surface area (TPSA) is 96.8 Å². The summed E-state index contributed by atoms with van der Waals surface area (Å²) < 4.78 is 1.65. The maximum atomic E-state index is 11.1. The molecule has 0 saturated carbocycles. The second-order valence-corrected chi connectivity index (χ2v) is 5.60. The van der Waals surface area contributed by atoms with Gasteiger partial charge in [-0.05, 0) is 18.1 Å². The molecule has 1 N–H and O–H groups in total. The molecule has 0 amide bonds. The maximum absolute atomic E-state index is 11.1. The van der Waals surface area contributed by atoms with E-state index in [4.69, 9.17) is 16.9 Å². The Morgan fingerprint density at radius 3 is 2.86 bits per heavy atom. The van der Waals surface area contributed by atoms with Crippen molar-refractivity contribution in [3.63, 3.8) is 0 Å². The van der Waals surface area contributed by atoms with Crippen LogP contribution in [-0.2, 0) is 6.54 Å². The van der Waals surface area contributed by atoms with Crippen molar-refractivity contribution < 1.29 is 4.92 Å². The molecule has 0 spiro atoms. The van der Waals surface area contributed by atoms with Gasteiger partial charge >= 0.3 is 0 Å². The summed E-state index contributed by atoms with van der Waals surface area (Å²) in [6.45, 7) is 4.72. The number of hydrogen-bond donors (Lipinski definition) is 1. The highest BCUT2D eigenvalue weighted by molar-refractivity contribution is 6.30. The monoisotopic (exact) mass is 319 g/mol. The lowest BCUT2D eigenvalue weighted by Crippen LogP contribution is -2.05. The standard InChI is InChI=1S/C14H14ClN5O2/c1-9(2)7-19-8-10(6-16)14(18-19)17-12-4-3-11(15)5-13(12)20(21)22/h3-5,8-9H,7H2,1-2H3,(H,17,18). The molecule has 1 aromatic carbocycles. The third-order valence-corrected chi connectivity index (χ3v) is 3.08. The fourth-order valence-corrected chi connectivity index (χ4v) is 2.12. The molecule has 2 aromatic rings. The summed E-state index contributed by atoms with van der Waals surface area (Å²) in [5.74, 6) is 0.651. The predicted molar refractivity (Wildman–Crippen MR) is 83.2 cm³/mol. The number of nitrogens with zero attached hydrogens (tertiary/aromatic N) is 4. The van der Waals surface area contributed by atoms with E-state index >= 15 is 0 Å². The van der Waals surface area contributed by atoms with Crippen LogP contribution in [0.15, 0.2) is 24.4 Å². The fraction of sp³-hybridized carbons (Fsp3) is 0.286. The van der Waals surface area contributed by atoms with Crippen LogP contribution in [0.3, 0.4) is 0 Å². The van der Waals surface area contributed by atoms with Gasteiger partial charge < -0.3 is 5.32 Å². The number of nitrogens with one attached hydrogen (secondary N) is 1. The number of nitro benzene ring substituents is 1. The lowest BCUT2D eigenvalue weighted by atomic mass is 10.2.